The quantitative estimate of drug-likeness (QED) is 0.394. The standard InChI is InChI=1S/C15H30ClN/c1-2-3-4-5-6-7-8-9-12-17-14-15(13-16)10-11-15/h17H,2-14H2,1H3. The molecule has 0 radical (unpaired) electrons. The molecule has 0 bridgehead atoms. The summed E-state index contributed by atoms with van der Waals surface area (Å²) >= 11 is 5.94. The molecule has 1 saturated carbocycles. The predicted molar refractivity (Wildman–Crippen MR) is 77.9 cm³/mol. The van der Waals surface area contributed by atoms with Crippen LogP contribution in [0.5, 0.6) is 0 Å². The molecule has 0 aliphatic heterocycles. The molecule has 0 aromatic carbocycles. The lowest BCUT2D eigenvalue weighted by molar-refractivity contribution is 0.487. The minimum Gasteiger partial charge on any atom is -0.316 e. The monoisotopic (exact) mass is 259 g/mol. The van der Waals surface area contributed by atoms with E-state index in [0.717, 1.165) is 12.4 Å². The Bertz CT molecular complexity index is 178. The average Bonchev–Trinajstić information content (AvgIpc) is 3.12. The largest absolute Gasteiger partial charge is 0.316 e. The molecule has 1 rings (SSSR count). The van der Waals surface area contributed by atoms with E-state index in [1.807, 2.05) is 0 Å². The van der Waals surface area contributed by atoms with Gasteiger partial charge < -0.3 is 5.32 Å². The van der Waals surface area contributed by atoms with Crippen LogP contribution in [0.2, 0.25) is 0 Å². The number of unbranched alkanes of at least 4 members (excludes halogenated alkanes) is 7. The molecule has 0 aromatic heterocycles. The molecule has 0 heterocycles. The molecular weight excluding hydrogens is 230 g/mol. The SMILES string of the molecule is CCCCCCCCCCNCC1(CCl)CC1. The topological polar surface area (TPSA) is 12.0 Å². The fraction of sp³-hybridized carbons (Fsp3) is 1.00. The van der Waals surface area contributed by atoms with E-state index in [9.17, 15) is 0 Å². The van der Waals surface area contributed by atoms with Crippen molar-refractivity contribution in [3.63, 3.8) is 0 Å². The van der Waals surface area contributed by atoms with Crippen LogP contribution in [0, 0.1) is 5.41 Å². The van der Waals surface area contributed by atoms with Gasteiger partial charge in [-0.2, -0.15) is 0 Å². The zero-order valence-corrected chi connectivity index (χ0v) is 12.3. The number of nitrogens with one attached hydrogen (secondary N) is 1. The maximum atomic E-state index is 5.94. The zero-order chi connectivity index (χ0) is 12.4. The lowest BCUT2D eigenvalue weighted by atomic mass is 10.1. The highest BCUT2D eigenvalue weighted by molar-refractivity contribution is 6.18. The van der Waals surface area contributed by atoms with Gasteiger partial charge in [-0.05, 0) is 31.2 Å². The zero-order valence-electron chi connectivity index (χ0n) is 11.6. The van der Waals surface area contributed by atoms with Gasteiger partial charge in [0.2, 0.25) is 0 Å². The summed E-state index contributed by atoms with van der Waals surface area (Å²) in [5.74, 6) is 0.845. The van der Waals surface area contributed by atoms with Crippen molar-refractivity contribution < 1.29 is 0 Å². The van der Waals surface area contributed by atoms with E-state index in [1.165, 1.54) is 70.8 Å². The van der Waals surface area contributed by atoms with Crippen LogP contribution in [-0.2, 0) is 0 Å². The van der Waals surface area contributed by atoms with E-state index in [4.69, 9.17) is 11.6 Å². The summed E-state index contributed by atoms with van der Waals surface area (Å²) in [7, 11) is 0. The molecule has 1 aliphatic rings. The molecule has 0 unspecified atom stereocenters. The van der Waals surface area contributed by atoms with Crippen molar-refractivity contribution in [2.24, 2.45) is 5.41 Å². The van der Waals surface area contributed by atoms with Crippen molar-refractivity contribution in [3.05, 3.63) is 0 Å². The lowest BCUT2D eigenvalue weighted by Crippen LogP contribution is -2.25. The van der Waals surface area contributed by atoms with Crippen molar-refractivity contribution >= 4 is 11.6 Å². The lowest BCUT2D eigenvalue weighted by Gasteiger charge is -2.12. The summed E-state index contributed by atoms with van der Waals surface area (Å²) < 4.78 is 0. The van der Waals surface area contributed by atoms with Gasteiger partial charge in [-0.3, -0.25) is 0 Å². The second-order valence-electron chi connectivity index (χ2n) is 5.79. The van der Waals surface area contributed by atoms with Gasteiger partial charge in [0.15, 0.2) is 0 Å². The third-order valence-electron chi connectivity index (χ3n) is 3.95. The Morgan fingerprint density at radius 2 is 1.53 bits per heavy atom. The van der Waals surface area contributed by atoms with Crippen molar-refractivity contribution in [1.82, 2.24) is 5.32 Å². The highest BCUT2D eigenvalue weighted by atomic mass is 35.5. The first-order chi connectivity index (χ1) is 8.33. The Hall–Kier alpha value is 0.250. The second kappa shape index (κ2) is 9.22. The first-order valence-corrected chi connectivity index (χ1v) is 8.13. The molecular formula is C15H30ClN. The molecule has 1 N–H and O–H groups in total. The van der Waals surface area contributed by atoms with Crippen molar-refractivity contribution in [2.45, 2.75) is 71.1 Å². The second-order valence-corrected chi connectivity index (χ2v) is 6.05. The van der Waals surface area contributed by atoms with E-state index in [1.54, 1.807) is 0 Å². The minimum absolute atomic E-state index is 0.488. The predicted octanol–water partition coefficient (Wildman–Crippen LogP) is 4.74. The molecule has 17 heavy (non-hydrogen) atoms. The van der Waals surface area contributed by atoms with E-state index in [0.29, 0.717) is 5.41 Å². The molecule has 0 saturated heterocycles. The molecule has 0 atom stereocenters. The van der Waals surface area contributed by atoms with Crippen LogP contribution in [0.3, 0.4) is 0 Å². The van der Waals surface area contributed by atoms with E-state index >= 15 is 0 Å². The third kappa shape index (κ3) is 7.31. The van der Waals surface area contributed by atoms with Crippen LogP contribution >= 0.6 is 11.6 Å². The molecule has 1 aliphatic carbocycles. The normalized spacial score (nSPS) is 17.3. The smallest absolute Gasteiger partial charge is 0.0292 e. The first kappa shape index (κ1) is 15.3. The van der Waals surface area contributed by atoms with Gasteiger partial charge in [0.05, 0.1) is 0 Å². The first-order valence-electron chi connectivity index (χ1n) is 7.60. The summed E-state index contributed by atoms with van der Waals surface area (Å²) in [6, 6.07) is 0. The highest BCUT2D eigenvalue weighted by Crippen LogP contribution is 2.45. The van der Waals surface area contributed by atoms with Gasteiger partial charge in [-0.1, -0.05) is 51.9 Å². The van der Waals surface area contributed by atoms with Gasteiger partial charge >= 0.3 is 0 Å². The van der Waals surface area contributed by atoms with Crippen molar-refractivity contribution in [2.75, 3.05) is 19.0 Å². The van der Waals surface area contributed by atoms with E-state index in [2.05, 4.69) is 12.2 Å². The fourth-order valence-corrected chi connectivity index (χ4v) is 2.63. The van der Waals surface area contributed by atoms with Crippen LogP contribution in [0.15, 0.2) is 0 Å². The molecule has 0 amide bonds. The van der Waals surface area contributed by atoms with Crippen LogP contribution in [0.1, 0.15) is 71.1 Å². The highest BCUT2D eigenvalue weighted by Gasteiger charge is 2.40. The average molecular weight is 260 g/mol. The van der Waals surface area contributed by atoms with E-state index in [-0.39, 0.29) is 0 Å². The fourth-order valence-electron chi connectivity index (χ4n) is 2.27. The number of rotatable bonds is 12. The number of hydrogen-bond donors (Lipinski definition) is 1. The summed E-state index contributed by atoms with van der Waals surface area (Å²) in [6.45, 7) is 4.61. The molecule has 0 spiro atoms. The molecule has 0 aromatic rings. The third-order valence-corrected chi connectivity index (χ3v) is 4.51. The van der Waals surface area contributed by atoms with E-state index < -0.39 is 0 Å². The Balaban J connectivity index is 1.73. The Morgan fingerprint density at radius 1 is 0.941 bits per heavy atom. The minimum atomic E-state index is 0.488. The van der Waals surface area contributed by atoms with Gasteiger partial charge in [-0.15, -0.1) is 11.6 Å². The molecule has 102 valence electrons. The van der Waals surface area contributed by atoms with Crippen molar-refractivity contribution in [3.8, 4) is 0 Å². The summed E-state index contributed by atoms with van der Waals surface area (Å²) in [6.07, 6.45) is 13.9. The molecule has 2 heteroatoms. The molecule has 1 fully saturated rings. The van der Waals surface area contributed by atoms with Crippen LogP contribution < -0.4 is 5.32 Å². The Kier molecular flexibility index (Phi) is 8.30. The Morgan fingerprint density at radius 3 is 2.06 bits per heavy atom. The van der Waals surface area contributed by atoms with Gasteiger partial charge in [0, 0.05) is 12.4 Å². The van der Waals surface area contributed by atoms with Gasteiger partial charge in [0.1, 0.15) is 0 Å². The number of halogens is 1. The summed E-state index contributed by atoms with van der Waals surface area (Å²) in [5, 5.41) is 3.57. The Labute approximate surface area is 113 Å². The van der Waals surface area contributed by atoms with Gasteiger partial charge in [0.25, 0.3) is 0 Å². The van der Waals surface area contributed by atoms with Crippen LogP contribution in [0.4, 0.5) is 0 Å². The van der Waals surface area contributed by atoms with Crippen molar-refractivity contribution in [1.29, 1.82) is 0 Å². The molecule has 1 nitrogen and oxygen atoms in total. The summed E-state index contributed by atoms with van der Waals surface area (Å²) in [5.41, 5.74) is 0.488. The maximum absolute atomic E-state index is 5.94. The van der Waals surface area contributed by atoms with Crippen LogP contribution in [-0.4, -0.2) is 19.0 Å². The number of alkyl halides is 1. The maximum Gasteiger partial charge on any atom is 0.0292 e. The van der Waals surface area contributed by atoms with Crippen LogP contribution in [0.25, 0.3) is 0 Å². The summed E-state index contributed by atoms with van der Waals surface area (Å²) in [4.78, 5) is 0. The number of hydrogen-bond acceptors (Lipinski definition) is 1. The van der Waals surface area contributed by atoms with Gasteiger partial charge in [-0.25, -0.2) is 0 Å².